The van der Waals surface area contributed by atoms with Crippen molar-refractivity contribution < 1.29 is 53.0 Å². The van der Waals surface area contributed by atoms with Gasteiger partial charge in [0.05, 0.1) is 4.92 Å². The Bertz CT molecular complexity index is 1610. The Balaban J connectivity index is 2.26. The summed E-state index contributed by atoms with van der Waals surface area (Å²) in [4.78, 5) is 85.7. The molecule has 284 valence electrons. The van der Waals surface area contributed by atoms with Crippen LogP contribution in [0.5, 0.6) is 5.75 Å². The number of anilines is 1. The topological polar surface area (TPSA) is 271 Å². The van der Waals surface area contributed by atoms with E-state index in [1.165, 1.54) is 37.4 Å². The van der Waals surface area contributed by atoms with E-state index >= 15 is 0 Å². The van der Waals surface area contributed by atoms with Crippen LogP contribution in [0.4, 0.5) is 30.6 Å². The van der Waals surface area contributed by atoms with Crippen LogP contribution < -0.4 is 31.7 Å². The molecule has 0 aliphatic carbocycles. The third kappa shape index (κ3) is 14.8. The van der Waals surface area contributed by atoms with Crippen molar-refractivity contribution in [3.63, 3.8) is 0 Å². The summed E-state index contributed by atoms with van der Waals surface area (Å²) in [7, 11) is 1.31. The standard InChI is InChI=1S/C33H45N7O12/c1-19(2)26(38-30(44)52-33(3,4)5)28(42)37-25(8-7-15-35-29(34)43)27(41)36-22-10-9-20(21(16-22)17-39(6)31(45)46)18-50-32(47)51-24-13-11-23(12-14-24)40(48)49/h9-14,16,19,25-26H,7-8,15,17-18H2,1-6H3,(H,36,41)(H,37,42)(H,38,44)(H,45,46)(H3,34,35,43). The van der Waals surface area contributed by atoms with Crippen molar-refractivity contribution in [1.82, 2.24) is 20.9 Å². The molecule has 19 nitrogen and oxygen atoms in total. The number of non-ortho nitro benzene ring substituents is 1. The number of rotatable bonds is 16. The molecule has 2 unspecified atom stereocenters. The fraction of sp³-hybridized carbons (Fsp3) is 0.455. The van der Waals surface area contributed by atoms with Gasteiger partial charge < -0.3 is 51.2 Å². The largest absolute Gasteiger partial charge is 0.514 e. The van der Waals surface area contributed by atoms with Gasteiger partial charge in [0.2, 0.25) is 11.8 Å². The summed E-state index contributed by atoms with van der Waals surface area (Å²) in [6.07, 6.45) is -2.93. The molecule has 0 saturated carbocycles. The first kappa shape index (κ1) is 42.0. The summed E-state index contributed by atoms with van der Waals surface area (Å²) in [6.45, 7) is 7.96. The maximum atomic E-state index is 13.6. The summed E-state index contributed by atoms with van der Waals surface area (Å²) >= 11 is 0. The van der Waals surface area contributed by atoms with E-state index in [2.05, 4.69) is 21.3 Å². The van der Waals surface area contributed by atoms with E-state index in [4.69, 9.17) is 19.9 Å². The first-order valence-corrected chi connectivity index (χ1v) is 16.0. The van der Waals surface area contributed by atoms with Crippen LogP contribution in [-0.4, -0.2) is 82.4 Å². The first-order valence-electron chi connectivity index (χ1n) is 16.0. The Morgan fingerprint density at radius 2 is 1.63 bits per heavy atom. The van der Waals surface area contributed by atoms with Crippen LogP contribution in [0.1, 0.15) is 58.6 Å². The number of urea groups is 1. The number of amides is 6. The maximum Gasteiger partial charge on any atom is 0.514 e. The minimum Gasteiger partial charge on any atom is -0.465 e. The van der Waals surface area contributed by atoms with Crippen LogP contribution in [0, 0.1) is 16.0 Å². The molecule has 0 spiro atoms. The molecule has 0 aliphatic heterocycles. The van der Waals surface area contributed by atoms with E-state index in [-0.39, 0.29) is 49.7 Å². The molecule has 2 atom stereocenters. The zero-order valence-corrected chi connectivity index (χ0v) is 29.7. The molecule has 6 amide bonds. The van der Waals surface area contributed by atoms with Crippen molar-refractivity contribution in [3.05, 3.63) is 63.7 Å². The highest BCUT2D eigenvalue weighted by Crippen LogP contribution is 2.21. The Morgan fingerprint density at radius 1 is 0.981 bits per heavy atom. The second kappa shape index (κ2) is 19.3. The van der Waals surface area contributed by atoms with Gasteiger partial charge in [-0.1, -0.05) is 19.9 Å². The van der Waals surface area contributed by atoms with Crippen molar-refractivity contribution >= 4 is 47.6 Å². The van der Waals surface area contributed by atoms with Crippen LogP contribution in [0.3, 0.4) is 0 Å². The lowest BCUT2D eigenvalue weighted by Gasteiger charge is -2.27. The maximum absolute atomic E-state index is 13.6. The number of nitrogens with two attached hydrogens (primary N) is 1. The monoisotopic (exact) mass is 731 g/mol. The Morgan fingerprint density at radius 3 is 2.19 bits per heavy atom. The Hall–Kier alpha value is -6.14. The molecule has 0 aliphatic rings. The van der Waals surface area contributed by atoms with Crippen LogP contribution in [0.15, 0.2) is 42.5 Å². The molecule has 0 radical (unpaired) electrons. The van der Waals surface area contributed by atoms with Crippen molar-refractivity contribution in [2.45, 2.75) is 78.3 Å². The van der Waals surface area contributed by atoms with Gasteiger partial charge in [0.15, 0.2) is 0 Å². The number of nitrogens with zero attached hydrogens (tertiary/aromatic N) is 2. The van der Waals surface area contributed by atoms with Gasteiger partial charge in [-0.2, -0.15) is 0 Å². The lowest BCUT2D eigenvalue weighted by molar-refractivity contribution is -0.384. The van der Waals surface area contributed by atoms with Crippen LogP contribution in [0.2, 0.25) is 0 Å². The van der Waals surface area contributed by atoms with E-state index in [1.54, 1.807) is 34.6 Å². The second-order valence-electron chi connectivity index (χ2n) is 12.9. The van der Waals surface area contributed by atoms with Gasteiger partial charge in [0.1, 0.15) is 30.0 Å². The summed E-state index contributed by atoms with van der Waals surface area (Å²) in [5.41, 5.74) is 5.02. The molecule has 0 heterocycles. The predicted molar refractivity (Wildman–Crippen MR) is 185 cm³/mol. The zero-order chi connectivity index (χ0) is 39.2. The average molecular weight is 732 g/mol. The lowest BCUT2D eigenvalue weighted by Crippen LogP contribution is -2.55. The minimum absolute atomic E-state index is 0.00751. The van der Waals surface area contributed by atoms with E-state index in [1.807, 2.05) is 0 Å². The van der Waals surface area contributed by atoms with Crippen molar-refractivity contribution in [1.29, 1.82) is 0 Å². The molecule has 0 fully saturated rings. The van der Waals surface area contributed by atoms with Crippen LogP contribution in [0.25, 0.3) is 0 Å². The molecule has 2 aromatic rings. The first-order chi connectivity index (χ1) is 24.2. The molecule has 7 N–H and O–H groups in total. The molecule has 2 rings (SSSR count). The van der Waals surface area contributed by atoms with E-state index in [9.17, 15) is 44.0 Å². The third-order valence-corrected chi connectivity index (χ3v) is 7.03. The van der Waals surface area contributed by atoms with Gasteiger partial charge >= 0.3 is 24.4 Å². The van der Waals surface area contributed by atoms with E-state index < -0.39 is 64.7 Å². The quantitative estimate of drug-likeness (QED) is 0.0473. The number of carbonyl (C=O) groups is 6. The summed E-state index contributed by atoms with van der Waals surface area (Å²) < 4.78 is 15.5. The number of benzene rings is 2. The number of nitro groups is 1. The molecule has 0 aromatic heterocycles. The van der Waals surface area contributed by atoms with Gasteiger partial charge in [0.25, 0.3) is 5.69 Å². The predicted octanol–water partition coefficient (Wildman–Crippen LogP) is 3.84. The number of nitro benzene ring substituents is 1. The van der Waals surface area contributed by atoms with Crippen LogP contribution >= 0.6 is 0 Å². The summed E-state index contributed by atoms with van der Waals surface area (Å²) in [6, 6.07) is 6.15. The highest BCUT2D eigenvalue weighted by atomic mass is 16.7. The van der Waals surface area contributed by atoms with Crippen molar-refractivity contribution in [3.8, 4) is 5.75 Å². The third-order valence-electron chi connectivity index (χ3n) is 7.03. The lowest BCUT2D eigenvalue weighted by atomic mass is 10.0. The highest BCUT2D eigenvalue weighted by molar-refractivity contribution is 5.98. The molecule has 0 saturated heterocycles. The number of alkyl carbamates (subject to hydrolysis) is 1. The van der Waals surface area contributed by atoms with Gasteiger partial charge in [-0.05, 0) is 74.9 Å². The summed E-state index contributed by atoms with van der Waals surface area (Å²) in [5.74, 6) is -1.74. The zero-order valence-electron chi connectivity index (χ0n) is 29.7. The number of nitrogens with one attached hydrogen (secondary N) is 4. The second-order valence-corrected chi connectivity index (χ2v) is 12.9. The summed E-state index contributed by atoms with van der Waals surface area (Å²) in [5, 5.41) is 30.6. The van der Waals surface area contributed by atoms with Gasteiger partial charge in [-0.15, -0.1) is 0 Å². The Labute approximate surface area is 299 Å². The number of ether oxygens (including phenoxy) is 3. The normalized spacial score (nSPS) is 12.1. The molecular formula is C33H45N7O12. The van der Waals surface area contributed by atoms with Crippen LogP contribution in [-0.2, 0) is 32.2 Å². The highest BCUT2D eigenvalue weighted by Gasteiger charge is 2.30. The van der Waals surface area contributed by atoms with Gasteiger partial charge in [0, 0.05) is 38.0 Å². The van der Waals surface area contributed by atoms with Crippen molar-refractivity contribution in [2.24, 2.45) is 11.7 Å². The van der Waals surface area contributed by atoms with Crippen molar-refractivity contribution in [2.75, 3.05) is 18.9 Å². The molecule has 52 heavy (non-hydrogen) atoms. The molecule has 0 bridgehead atoms. The molecule has 2 aromatic carbocycles. The Kier molecular flexibility index (Phi) is 15.6. The number of hydrogen-bond donors (Lipinski definition) is 6. The van der Waals surface area contributed by atoms with Gasteiger partial charge in [-0.3, -0.25) is 19.7 Å². The smallest absolute Gasteiger partial charge is 0.465 e. The number of hydrogen-bond acceptors (Lipinski definition) is 11. The van der Waals surface area contributed by atoms with Gasteiger partial charge in [-0.25, -0.2) is 19.2 Å². The number of primary amides is 1. The fourth-order valence-corrected chi connectivity index (χ4v) is 4.46. The minimum atomic E-state index is -1.26. The van der Waals surface area contributed by atoms with E-state index in [0.29, 0.717) is 11.1 Å². The average Bonchev–Trinajstić information content (AvgIpc) is 3.03. The molecular weight excluding hydrogens is 686 g/mol. The number of carbonyl (C=O) groups excluding carboxylic acids is 5. The molecule has 19 heteroatoms. The fourth-order valence-electron chi connectivity index (χ4n) is 4.46. The number of carboxylic acid groups (broad SMARTS) is 1. The SMILES string of the molecule is CC(C)C(NC(=O)OC(C)(C)C)C(=O)NC(CCCNC(N)=O)C(=O)Nc1ccc(COC(=O)Oc2ccc([N+](=O)[O-])cc2)c(CN(C)C(=O)O)c1. The van der Waals surface area contributed by atoms with E-state index in [0.717, 1.165) is 17.0 Å².